The summed E-state index contributed by atoms with van der Waals surface area (Å²) in [7, 11) is -3.87. The molecule has 0 aromatic heterocycles. The van der Waals surface area contributed by atoms with Crippen LogP contribution >= 0.6 is 0 Å². The molecule has 0 amide bonds. The van der Waals surface area contributed by atoms with Crippen molar-refractivity contribution in [1.29, 1.82) is 0 Å². The second kappa shape index (κ2) is 6.33. The summed E-state index contributed by atoms with van der Waals surface area (Å²) >= 11 is 0. The van der Waals surface area contributed by atoms with Gasteiger partial charge in [-0.2, -0.15) is 13.2 Å². The molecular formula is C13H18F3NO3S. The molecule has 0 aliphatic rings. The predicted octanol–water partition coefficient (Wildman–Crippen LogP) is 2.39. The number of hydrogen-bond donors (Lipinski definition) is 2. The highest BCUT2D eigenvalue weighted by Gasteiger charge is 2.30. The van der Waals surface area contributed by atoms with Gasteiger partial charge in [-0.3, -0.25) is 0 Å². The molecular weight excluding hydrogens is 307 g/mol. The summed E-state index contributed by atoms with van der Waals surface area (Å²) in [6, 6.07) is 3.30. The fraction of sp³-hybridized carbons (Fsp3) is 0.538. The molecule has 0 saturated carbocycles. The van der Waals surface area contributed by atoms with E-state index < -0.39 is 27.2 Å². The van der Waals surface area contributed by atoms with Crippen molar-refractivity contribution in [3.63, 3.8) is 0 Å². The van der Waals surface area contributed by atoms with Gasteiger partial charge in [0.1, 0.15) is 0 Å². The van der Waals surface area contributed by atoms with E-state index in [0.717, 1.165) is 24.3 Å². The molecule has 0 bridgehead atoms. The number of aliphatic hydroxyl groups is 1. The van der Waals surface area contributed by atoms with Crippen LogP contribution in [0.15, 0.2) is 29.2 Å². The zero-order valence-electron chi connectivity index (χ0n) is 11.7. The summed E-state index contributed by atoms with van der Waals surface area (Å²) in [4.78, 5) is -0.227. The Morgan fingerprint density at radius 3 is 2.10 bits per heavy atom. The lowest BCUT2D eigenvalue weighted by molar-refractivity contribution is -0.137. The number of benzene rings is 1. The van der Waals surface area contributed by atoms with Crippen molar-refractivity contribution in [3.05, 3.63) is 29.8 Å². The SMILES string of the molecule is CC(C)(CCO)CNS(=O)(=O)c1ccc(C(F)(F)F)cc1. The maximum absolute atomic E-state index is 12.4. The van der Waals surface area contributed by atoms with Crippen LogP contribution in [-0.4, -0.2) is 26.7 Å². The largest absolute Gasteiger partial charge is 0.416 e. The summed E-state index contributed by atoms with van der Waals surface area (Å²) < 4.78 is 63.6. The molecule has 0 heterocycles. The van der Waals surface area contributed by atoms with Gasteiger partial charge in [-0.05, 0) is 36.1 Å². The predicted molar refractivity (Wildman–Crippen MR) is 72.1 cm³/mol. The molecule has 0 unspecified atom stereocenters. The van der Waals surface area contributed by atoms with E-state index in [9.17, 15) is 21.6 Å². The Morgan fingerprint density at radius 2 is 1.67 bits per heavy atom. The van der Waals surface area contributed by atoms with Gasteiger partial charge in [-0.25, -0.2) is 13.1 Å². The third-order valence-corrected chi connectivity index (χ3v) is 4.44. The molecule has 2 N–H and O–H groups in total. The monoisotopic (exact) mass is 325 g/mol. The first-order valence-electron chi connectivity index (χ1n) is 6.26. The number of aliphatic hydroxyl groups excluding tert-OH is 1. The first-order valence-corrected chi connectivity index (χ1v) is 7.74. The number of hydrogen-bond acceptors (Lipinski definition) is 3. The molecule has 8 heteroatoms. The minimum Gasteiger partial charge on any atom is -0.396 e. The van der Waals surface area contributed by atoms with Crippen LogP contribution in [0.3, 0.4) is 0 Å². The molecule has 0 spiro atoms. The van der Waals surface area contributed by atoms with E-state index in [1.54, 1.807) is 13.8 Å². The van der Waals surface area contributed by atoms with Crippen molar-refractivity contribution < 1.29 is 26.7 Å². The Kier molecular flexibility index (Phi) is 5.40. The lowest BCUT2D eigenvalue weighted by Gasteiger charge is -2.23. The third-order valence-electron chi connectivity index (χ3n) is 3.02. The Hall–Kier alpha value is -1.12. The van der Waals surface area contributed by atoms with Crippen LogP contribution in [0, 0.1) is 5.41 Å². The van der Waals surface area contributed by atoms with Gasteiger partial charge >= 0.3 is 6.18 Å². The Bertz CT molecular complexity index is 565. The fourth-order valence-electron chi connectivity index (χ4n) is 1.59. The second-order valence-corrected chi connectivity index (χ2v) is 7.25. The van der Waals surface area contributed by atoms with Crippen LogP contribution in [0.4, 0.5) is 13.2 Å². The summed E-state index contributed by atoms with van der Waals surface area (Å²) in [5.74, 6) is 0. The van der Waals surface area contributed by atoms with Gasteiger partial charge in [0, 0.05) is 13.2 Å². The van der Waals surface area contributed by atoms with Crippen molar-refractivity contribution in [3.8, 4) is 0 Å². The van der Waals surface area contributed by atoms with E-state index in [-0.39, 0.29) is 18.0 Å². The molecule has 0 aliphatic heterocycles. The molecule has 0 fully saturated rings. The minimum absolute atomic E-state index is 0.0744. The molecule has 120 valence electrons. The van der Waals surface area contributed by atoms with E-state index in [0.29, 0.717) is 6.42 Å². The van der Waals surface area contributed by atoms with Crippen molar-refractivity contribution in [1.82, 2.24) is 4.72 Å². The third kappa shape index (κ3) is 5.29. The van der Waals surface area contributed by atoms with Gasteiger partial charge in [0.15, 0.2) is 0 Å². The molecule has 4 nitrogen and oxygen atoms in total. The van der Waals surface area contributed by atoms with Crippen LogP contribution in [0.25, 0.3) is 0 Å². The standard InChI is InChI=1S/C13H18F3NO3S/c1-12(2,7-8-18)9-17-21(19,20)11-5-3-10(4-6-11)13(14,15)16/h3-6,17-18H,7-9H2,1-2H3. The minimum atomic E-state index is -4.50. The Labute approximate surface area is 122 Å². The average molecular weight is 325 g/mol. The van der Waals surface area contributed by atoms with Crippen LogP contribution in [-0.2, 0) is 16.2 Å². The van der Waals surface area contributed by atoms with Gasteiger partial charge in [-0.15, -0.1) is 0 Å². The zero-order valence-corrected chi connectivity index (χ0v) is 12.6. The number of nitrogens with one attached hydrogen (secondary N) is 1. The van der Waals surface area contributed by atoms with Gasteiger partial charge < -0.3 is 5.11 Å². The van der Waals surface area contributed by atoms with Gasteiger partial charge in [0.05, 0.1) is 10.5 Å². The van der Waals surface area contributed by atoms with E-state index in [1.807, 2.05) is 0 Å². The number of halogens is 3. The van der Waals surface area contributed by atoms with E-state index in [4.69, 9.17) is 5.11 Å². The van der Waals surface area contributed by atoms with Crippen LogP contribution in [0.1, 0.15) is 25.8 Å². The number of sulfonamides is 1. The quantitative estimate of drug-likeness (QED) is 0.844. The Morgan fingerprint density at radius 1 is 1.14 bits per heavy atom. The second-order valence-electron chi connectivity index (χ2n) is 5.48. The first kappa shape index (κ1) is 17.9. The summed E-state index contributed by atoms with van der Waals surface area (Å²) in [5, 5.41) is 8.87. The van der Waals surface area contributed by atoms with Gasteiger partial charge in [0.25, 0.3) is 0 Å². The number of alkyl halides is 3. The molecule has 0 aliphatic carbocycles. The molecule has 21 heavy (non-hydrogen) atoms. The summed E-state index contributed by atoms with van der Waals surface area (Å²) in [5.41, 5.74) is -1.35. The van der Waals surface area contributed by atoms with Crippen molar-refractivity contribution >= 4 is 10.0 Å². The molecule has 0 saturated heterocycles. The van der Waals surface area contributed by atoms with Crippen LogP contribution in [0.2, 0.25) is 0 Å². The summed E-state index contributed by atoms with van der Waals surface area (Å²) in [6.45, 7) is 3.56. The van der Waals surface area contributed by atoms with E-state index in [2.05, 4.69) is 4.72 Å². The fourth-order valence-corrected chi connectivity index (χ4v) is 2.83. The highest BCUT2D eigenvalue weighted by Crippen LogP contribution is 2.29. The highest BCUT2D eigenvalue weighted by molar-refractivity contribution is 7.89. The molecule has 0 atom stereocenters. The van der Waals surface area contributed by atoms with Crippen LogP contribution in [0.5, 0.6) is 0 Å². The van der Waals surface area contributed by atoms with E-state index in [1.165, 1.54) is 0 Å². The Balaban J connectivity index is 2.84. The summed E-state index contributed by atoms with van der Waals surface area (Å²) in [6.07, 6.45) is -4.10. The van der Waals surface area contributed by atoms with Gasteiger partial charge in [-0.1, -0.05) is 13.8 Å². The maximum Gasteiger partial charge on any atom is 0.416 e. The lowest BCUT2D eigenvalue weighted by atomic mass is 9.90. The zero-order chi connectivity index (χ0) is 16.3. The lowest BCUT2D eigenvalue weighted by Crippen LogP contribution is -2.34. The van der Waals surface area contributed by atoms with Crippen molar-refractivity contribution in [2.45, 2.75) is 31.3 Å². The molecule has 1 aromatic rings. The average Bonchev–Trinajstić information content (AvgIpc) is 2.36. The van der Waals surface area contributed by atoms with Crippen molar-refractivity contribution in [2.75, 3.05) is 13.2 Å². The molecule has 1 aromatic carbocycles. The van der Waals surface area contributed by atoms with E-state index >= 15 is 0 Å². The first-order chi connectivity index (χ1) is 9.48. The number of rotatable bonds is 6. The highest BCUT2D eigenvalue weighted by atomic mass is 32.2. The van der Waals surface area contributed by atoms with Gasteiger partial charge in [0.2, 0.25) is 10.0 Å². The molecule has 0 radical (unpaired) electrons. The maximum atomic E-state index is 12.4. The van der Waals surface area contributed by atoms with Crippen LogP contribution < -0.4 is 4.72 Å². The smallest absolute Gasteiger partial charge is 0.396 e. The normalized spacial score (nSPS) is 13.4. The topological polar surface area (TPSA) is 66.4 Å². The van der Waals surface area contributed by atoms with Crippen molar-refractivity contribution in [2.24, 2.45) is 5.41 Å². The molecule has 1 rings (SSSR count).